The quantitative estimate of drug-likeness (QED) is 0.417. The Hall–Kier alpha value is 0. The summed E-state index contributed by atoms with van der Waals surface area (Å²) < 4.78 is 0. The third-order valence-corrected chi connectivity index (χ3v) is 2.50. The molecule has 2 aliphatic carbocycles. The summed E-state index contributed by atoms with van der Waals surface area (Å²) in [5, 5.41) is 0. The molecule has 0 N–H and O–H groups in total. The van der Waals surface area contributed by atoms with Crippen molar-refractivity contribution in [2.24, 2.45) is 0 Å². The van der Waals surface area contributed by atoms with E-state index < -0.39 is 0 Å². The molecule has 17 heavy (non-hydrogen) atoms. The Morgan fingerprint density at radius 3 is 0.529 bits per heavy atom. The molecule has 0 heterocycles. The van der Waals surface area contributed by atoms with Crippen molar-refractivity contribution in [2.45, 2.75) is 112 Å². The van der Waals surface area contributed by atoms with E-state index in [9.17, 15) is 0 Å². The van der Waals surface area contributed by atoms with Crippen LogP contribution in [0.2, 0.25) is 0 Å². The topological polar surface area (TPSA) is 0 Å². The van der Waals surface area contributed by atoms with E-state index in [-0.39, 0.29) is 0 Å². The lowest BCUT2D eigenvalue weighted by Gasteiger charge is -1.67. The molecule has 0 atom stereocenters. The first kappa shape index (κ1) is 22.2. The van der Waals surface area contributed by atoms with Gasteiger partial charge in [-0.1, -0.05) is 112 Å². The summed E-state index contributed by atoms with van der Waals surface area (Å²) in [5.74, 6) is 0. The van der Waals surface area contributed by atoms with Crippen LogP contribution < -0.4 is 0 Å². The largest absolute Gasteiger partial charge is 0.0683 e. The third kappa shape index (κ3) is 31.4. The van der Waals surface area contributed by atoms with Gasteiger partial charge in [0.2, 0.25) is 0 Å². The van der Waals surface area contributed by atoms with E-state index >= 15 is 0 Å². The van der Waals surface area contributed by atoms with Gasteiger partial charge in [-0.15, -0.1) is 0 Å². The van der Waals surface area contributed by atoms with Gasteiger partial charge in [0.1, 0.15) is 0 Å². The molecule has 0 aliphatic heterocycles. The predicted molar refractivity (Wildman–Crippen MR) is 84.8 cm³/mol. The Balaban J connectivity index is -0.000000155. The van der Waals surface area contributed by atoms with Crippen LogP contribution in [-0.2, 0) is 0 Å². The van der Waals surface area contributed by atoms with Crippen LogP contribution in [0.3, 0.4) is 0 Å². The van der Waals surface area contributed by atoms with Crippen molar-refractivity contribution in [3.05, 3.63) is 0 Å². The predicted octanol–water partition coefficient (Wildman–Crippen LogP) is 7.37. The molecule has 2 saturated carbocycles. The first-order valence-corrected chi connectivity index (χ1v) is 8.41. The van der Waals surface area contributed by atoms with E-state index in [1.165, 1.54) is 70.6 Å². The summed E-state index contributed by atoms with van der Waals surface area (Å²) >= 11 is 0. The Bertz CT molecular complexity index is 42.9. The third-order valence-electron chi connectivity index (χ3n) is 2.50. The fourth-order valence-electron chi connectivity index (χ4n) is 1.77. The lowest BCUT2D eigenvalue weighted by molar-refractivity contribution is 0.886. The van der Waals surface area contributed by atoms with Crippen LogP contribution in [0.15, 0.2) is 0 Å². The lowest BCUT2D eigenvalue weighted by Crippen LogP contribution is -1.47. The van der Waals surface area contributed by atoms with Crippen molar-refractivity contribution in [1.29, 1.82) is 0 Å². The van der Waals surface area contributed by atoms with Gasteiger partial charge in [0, 0.05) is 0 Å². The molecular formula is C17H40. The van der Waals surface area contributed by atoms with Crippen LogP contribution in [0.5, 0.6) is 0 Å². The van der Waals surface area contributed by atoms with E-state index in [0.29, 0.717) is 0 Å². The van der Waals surface area contributed by atoms with Crippen molar-refractivity contribution in [3.8, 4) is 0 Å². The fraction of sp³-hybridized carbons (Fsp3) is 1.00. The standard InChI is InChI=1S/2C5H10.C3H8.2C2H6/c2*1-2-4-5-3-1;1-3-2;2*1-2/h2*1-5H2;3H2,1-2H3;2*1-2H3. The van der Waals surface area contributed by atoms with Crippen molar-refractivity contribution in [2.75, 3.05) is 0 Å². The smallest absolute Gasteiger partial charge is 0.0533 e. The maximum absolute atomic E-state index is 2.12. The second kappa shape index (κ2) is 29.8. The van der Waals surface area contributed by atoms with Gasteiger partial charge in [0.25, 0.3) is 0 Å². The Morgan fingerprint density at radius 1 is 0.412 bits per heavy atom. The molecule has 2 fully saturated rings. The van der Waals surface area contributed by atoms with E-state index in [1.54, 1.807) is 0 Å². The van der Waals surface area contributed by atoms with E-state index in [2.05, 4.69) is 13.8 Å². The molecule has 108 valence electrons. The first-order chi connectivity index (χ1) is 8.41. The zero-order chi connectivity index (χ0) is 13.8. The monoisotopic (exact) mass is 244 g/mol. The highest BCUT2D eigenvalue weighted by molar-refractivity contribution is 4.51. The number of rotatable bonds is 0. The van der Waals surface area contributed by atoms with Gasteiger partial charge < -0.3 is 0 Å². The SMILES string of the molecule is C1CCCC1.C1CCCC1.CC.CC.CCC. The molecule has 0 aromatic heterocycles. The minimum atomic E-state index is 1.25. The lowest BCUT2D eigenvalue weighted by atomic mass is 10.4. The van der Waals surface area contributed by atoms with Crippen molar-refractivity contribution in [1.82, 2.24) is 0 Å². The summed E-state index contributed by atoms with van der Waals surface area (Å²) in [6, 6.07) is 0. The highest BCUT2D eigenvalue weighted by atomic mass is 14.0. The van der Waals surface area contributed by atoms with Gasteiger partial charge in [-0.2, -0.15) is 0 Å². The van der Waals surface area contributed by atoms with E-state index in [0.717, 1.165) is 0 Å². The number of hydrogen-bond acceptors (Lipinski definition) is 0. The molecule has 0 saturated heterocycles. The van der Waals surface area contributed by atoms with E-state index in [1.807, 2.05) is 27.7 Å². The zero-order valence-electron chi connectivity index (χ0n) is 13.8. The summed E-state index contributed by atoms with van der Waals surface area (Å²) in [4.78, 5) is 0. The average molecular weight is 245 g/mol. The minimum Gasteiger partial charge on any atom is -0.0683 e. The molecule has 0 bridgehead atoms. The fourth-order valence-corrected chi connectivity index (χ4v) is 1.77. The average Bonchev–Trinajstić information content (AvgIpc) is 3.13. The van der Waals surface area contributed by atoms with Crippen LogP contribution in [0.1, 0.15) is 112 Å². The molecule has 0 unspecified atom stereocenters. The molecule has 0 heteroatoms. The molecule has 0 nitrogen and oxygen atoms in total. The molecule has 2 rings (SSSR count). The van der Waals surface area contributed by atoms with Gasteiger partial charge in [0.15, 0.2) is 0 Å². The van der Waals surface area contributed by atoms with Crippen LogP contribution in [-0.4, -0.2) is 0 Å². The second-order valence-electron chi connectivity index (χ2n) is 4.24. The normalized spacial score (nSPS) is 15.9. The summed E-state index contributed by atoms with van der Waals surface area (Å²) in [5.41, 5.74) is 0. The van der Waals surface area contributed by atoms with E-state index in [4.69, 9.17) is 0 Å². The summed E-state index contributed by atoms with van der Waals surface area (Å²) in [6.07, 6.45) is 16.2. The number of hydrogen-bond donors (Lipinski definition) is 0. The van der Waals surface area contributed by atoms with Gasteiger partial charge in [0.05, 0.1) is 0 Å². The molecule has 0 aromatic carbocycles. The van der Waals surface area contributed by atoms with Gasteiger partial charge >= 0.3 is 0 Å². The van der Waals surface area contributed by atoms with Crippen LogP contribution >= 0.6 is 0 Å². The van der Waals surface area contributed by atoms with Crippen molar-refractivity contribution >= 4 is 0 Å². The zero-order valence-corrected chi connectivity index (χ0v) is 13.8. The maximum Gasteiger partial charge on any atom is -0.0533 e. The van der Waals surface area contributed by atoms with Gasteiger partial charge in [-0.25, -0.2) is 0 Å². The Morgan fingerprint density at radius 2 is 0.471 bits per heavy atom. The maximum atomic E-state index is 2.12. The molecule has 0 amide bonds. The van der Waals surface area contributed by atoms with Gasteiger partial charge in [-0.05, 0) is 0 Å². The molecular weight excluding hydrogens is 204 g/mol. The van der Waals surface area contributed by atoms with Crippen LogP contribution in [0.4, 0.5) is 0 Å². The minimum absolute atomic E-state index is 1.25. The van der Waals surface area contributed by atoms with Crippen LogP contribution in [0.25, 0.3) is 0 Å². The van der Waals surface area contributed by atoms with Crippen molar-refractivity contribution in [3.63, 3.8) is 0 Å². The van der Waals surface area contributed by atoms with Crippen LogP contribution in [0, 0.1) is 0 Å². The molecule has 0 spiro atoms. The molecule has 2 aliphatic rings. The summed E-state index contributed by atoms with van der Waals surface area (Å²) in [7, 11) is 0. The second-order valence-corrected chi connectivity index (χ2v) is 4.24. The highest BCUT2D eigenvalue weighted by Gasteiger charge is 1.95. The van der Waals surface area contributed by atoms with Gasteiger partial charge in [-0.3, -0.25) is 0 Å². The Labute approximate surface area is 113 Å². The summed E-state index contributed by atoms with van der Waals surface area (Å²) in [6.45, 7) is 12.2. The Kier molecular flexibility index (Phi) is 38.9. The first-order valence-electron chi connectivity index (χ1n) is 8.41. The molecule has 0 radical (unpaired) electrons. The molecule has 0 aromatic rings. The highest BCUT2D eigenvalue weighted by Crippen LogP contribution is 2.15. The van der Waals surface area contributed by atoms with Crippen molar-refractivity contribution < 1.29 is 0 Å².